The van der Waals surface area contributed by atoms with E-state index in [1.807, 2.05) is 6.92 Å². The molecule has 6 heteroatoms. The number of hydrogen-bond donors (Lipinski definition) is 2. The number of anilines is 1. The zero-order chi connectivity index (χ0) is 12.3. The van der Waals surface area contributed by atoms with Crippen molar-refractivity contribution in [3.63, 3.8) is 0 Å². The first-order valence-corrected chi connectivity index (χ1v) is 5.69. The molecular formula is C11H17N5O. The molecule has 1 saturated heterocycles. The molecule has 1 aliphatic heterocycles. The SMILES string of the molecule is Cc1cc(C(=N)N)nc(N2CCCOCC2)n1. The van der Waals surface area contributed by atoms with Gasteiger partial charge in [0.2, 0.25) is 5.95 Å². The summed E-state index contributed by atoms with van der Waals surface area (Å²) in [7, 11) is 0. The van der Waals surface area contributed by atoms with Crippen LogP contribution in [0.25, 0.3) is 0 Å². The maximum absolute atomic E-state index is 7.43. The Labute approximate surface area is 100 Å². The summed E-state index contributed by atoms with van der Waals surface area (Å²) in [5, 5.41) is 7.43. The van der Waals surface area contributed by atoms with Gasteiger partial charge >= 0.3 is 0 Å². The molecule has 1 aliphatic rings. The third-order valence-corrected chi connectivity index (χ3v) is 2.62. The quantitative estimate of drug-likeness (QED) is 0.568. The molecule has 0 spiro atoms. The normalized spacial score (nSPS) is 16.6. The first kappa shape index (κ1) is 11.8. The Morgan fingerprint density at radius 3 is 3.00 bits per heavy atom. The molecule has 1 fully saturated rings. The lowest BCUT2D eigenvalue weighted by Crippen LogP contribution is -2.29. The van der Waals surface area contributed by atoms with Crippen LogP contribution in [0.5, 0.6) is 0 Å². The van der Waals surface area contributed by atoms with Crippen molar-refractivity contribution >= 4 is 11.8 Å². The maximum atomic E-state index is 7.43. The van der Waals surface area contributed by atoms with Crippen molar-refractivity contribution in [3.05, 3.63) is 17.5 Å². The minimum absolute atomic E-state index is 0.0252. The molecule has 0 radical (unpaired) electrons. The molecule has 0 unspecified atom stereocenters. The summed E-state index contributed by atoms with van der Waals surface area (Å²) in [5.74, 6) is 0.614. The van der Waals surface area contributed by atoms with Crippen LogP contribution < -0.4 is 10.6 Å². The highest BCUT2D eigenvalue weighted by Gasteiger charge is 2.14. The Balaban J connectivity index is 2.27. The number of nitrogens with two attached hydrogens (primary N) is 1. The molecule has 0 amide bonds. The fourth-order valence-corrected chi connectivity index (χ4v) is 1.78. The Morgan fingerprint density at radius 1 is 1.41 bits per heavy atom. The molecule has 3 N–H and O–H groups in total. The van der Waals surface area contributed by atoms with Crippen LogP contribution in [-0.2, 0) is 4.74 Å². The first-order chi connectivity index (χ1) is 8.16. The number of nitrogen functional groups attached to an aromatic ring is 1. The van der Waals surface area contributed by atoms with E-state index < -0.39 is 0 Å². The van der Waals surface area contributed by atoms with Crippen molar-refractivity contribution in [3.8, 4) is 0 Å². The van der Waals surface area contributed by atoms with Gasteiger partial charge in [-0.05, 0) is 19.4 Å². The van der Waals surface area contributed by atoms with Crippen molar-refractivity contribution in [1.82, 2.24) is 9.97 Å². The molecule has 2 rings (SSSR count). The number of hydrogen-bond acceptors (Lipinski definition) is 5. The molecule has 1 aromatic heterocycles. The fourth-order valence-electron chi connectivity index (χ4n) is 1.78. The minimum atomic E-state index is -0.0252. The Hall–Kier alpha value is -1.69. The summed E-state index contributed by atoms with van der Waals surface area (Å²) in [5.41, 5.74) is 6.77. The van der Waals surface area contributed by atoms with Gasteiger partial charge in [-0.3, -0.25) is 5.41 Å². The van der Waals surface area contributed by atoms with Gasteiger partial charge < -0.3 is 15.4 Å². The van der Waals surface area contributed by atoms with Gasteiger partial charge in [0.25, 0.3) is 0 Å². The van der Waals surface area contributed by atoms with Crippen LogP contribution in [0.4, 0.5) is 5.95 Å². The molecule has 0 saturated carbocycles. The monoisotopic (exact) mass is 235 g/mol. The second-order valence-electron chi connectivity index (χ2n) is 4.06. The second-order valence-corrected chi connectivity index (χ2v) is 4.06. The molecule has 0 aromatic carbocycles. The molecule has 17 heavy (non-hydrogen) atoms. The summed E-state index contributed by atoms with van der Waals surface area (Å²) in [4.78, 5) is 10.8. The van der Waals surface area contributed by atoms with E-state index in [0.717, 1.165) is 31.8 Å². The van der Waals surface area contributed by atoms with E-state index >= 15 is 0 Å². The zero-order valence-electron chi connectivity index (χ0n) is 9.94. The summed E-state index contributed by atoms with van der Waals surface area (Å²) in [6, 6.07) is 1.72. The number of aryl methyl sites for hydroxylation is 1. The fraction of sp³-hybridized carbons (Fsp3) is 0.545. The first-order valence-electron chi connectivity index (χ1n) is 5.69. The van der Waals surface area contributed by atoms with E-state index in [0.29, 0.717) is 18.2 Å². The lowest BCUT2D eigenvalue weighted by atomic mass is 10.3. The number of rotatable bonds is 2. The van der Waals surface area contributed by atoms with E-state index in [4.69, 9.17) is 15.9 Å². The maximum Gasteiger partial charge on any atom is 0.226 e. The summed E-state index contributed by atoms with van der Waals surface area (Å²) in [6.45, 7) is 5.00. The van der Waals surface area contributed by atoms with Crippen LogP contribution in [0, 0.1) is 12.3 Å². The van der Waals surface area contributed by atoms with Gasteiger partial charge in [-0.25, -0.2) is 9.97 Å². The van der Waals surface area contributed by atoms with E-state index in [1.165, 1.54) is 0 Å². The highest BCUT2D eigenvalue weighted by Crippen LogP contribution is 2.12. The van der Waals surface area contributed by atoms with Crippen molar-refractivity contribution in [2.24, 2.45) is 5.73 Å². The number of aromatic nitrogens is 2. The largest absolute Gasteiger partial charge is 0.382 e. The third-order valence-electron chi connectivity index (χ3n) is 2.62. The van der Waals surface area contributed by atoms with Crippen LogP contribution in [-0.4, -0.2) is 42.1 Å². The molecule has 1 aromatic rings. The smallest absolute Gasteiger partial charge is 0.226 e. The van der Waals surface area contributed by atoms with Crippen LogP contribution in [0.2, 0.25) is 0 Å². The molecule has 0 bridgehead atoms. The van der Waals surface area contributed by atoms with Crippen molar-refractivity contribution in [2.75, 3.05) is 31.2 Å². The van der Waals surface area contributed by atoms with Gasteiger partial charge in [-0.2, -0.15) is 0 Å². The average Bonchev–Trinajstić information content (AvgIpc) is 2.56. The van der Waals surface area contributed by atoms with Crippen LogP contribution in [0.1, 0.15) is 17.8 Å². The van der Waals surface area contributed by atoms with E-state index in [1.54, 1.807) is 6.07 Å². The third kappa shape index (κ3) is 2.91. The molecule has 0 atom stereocenters. The van der Waals surface area contributed by atoms with Gasteiger partial charge in [0.15, 0.2) is 0 Å². The van der Waals surface area contributed by atoms with Gasteiger partial charge in [0, 0.05) is 25.4 Å². The van der Waals surface area contributed by atoms with Crippen LogP contribution >= 0.6 is 0 Å². The van der Waals surface area contributed by atoms with Gasteiger partial charge in [-0.15, -0.1) is 0 Å². The van der Waals surface area contributed by atoms with Gasteiger partial charge in [0.05, 0.1) is 6.61 Å². The molecule has 6 nitrogen and oxygen atoms in total. The van der Waals surface area contributed by atoms with Crippen LogP contribution in [0.15, 0.2) is 6.07 Å². The Morgan fingerprint density at radius 2 is 2.24 bits per heavy atom. The molecule has 92 valence electrons. The number of nitrogens with zero attached hydrogens (tertiary/aromatic N) is 3. The summed E-state index contributed by atoms with van der Waals surface area (Å²) < 4.78 is 5.39. The predicted octanol–water partition coefficient (Wildman–Crippen LogP) is 0.296. The number of amidine groups is 1. The lowest BCUT2D eigenvalue weighted by Gasteiger charge is -2.20. The number of ether oxygens (including phenoxy) is 1. The van der Waals surface area contributed by atoms with E-state index in [-0.39, 0.29) is 5.84 Å². The Bertz CT molecular complexity index is 412. The minimum Gasteiger partial charge on any atom is -0.382 e. The average molecular weight is 235 g/mol. The number of nitrogens with one attached hydrogen (secondary N) is 1. The Kier molecular flexibility index (Phi) is 3.53. The highest BCUT2D eigenvalue weighted by molar-refractivity contribution is 5.93. The lowest BCUT2D eigenvalue weighted by molar-refractivity contribution is 0.152. The summed E-state index contributed by atoms with van der Waals surface area (Å²) in [6.07, 6.45) is 0.965. The topological polar surface area (TPSA) is 88.1 Å². The van der Waals surface area contributed by atoms with Gasteiger partial charge in [0.1, 0.15) is 11.5 Å². The molecule has 2 heterocycles. The predicted molar refractivity (Wildman–Crippen MR) is 65.4 cm³/mol. The zero-order valence-corrected chi connectivity index (χ0v) is 9.94. The van der Waals surface area contributed by atoms with Gasteiger partial charge in [-0.1, -0.05) is 0 Å². The molecular weight excluding hydrogens is 218 g/mol. The van der Waals surface area contributed by atoms with Crippen molar-refractivity contribution in [2.45, 2.75) is 13.3 Å². The van der Waals surface area contributed by atoms with Crippen molar-refractivity contribution in [1.29, 1.82) is 5.41 Å². The second kappa shape index (κ2) is 5.09. The molecule has 0 aliphatic carbocycles. The highest BCUT2D eigenvalue weighted by atomic mass is 16.5. The van der Waals surface area contributed by atoms with E-state index in [2.05, 4.69) is 14.9 Å². The standard InChI is InChI=1S/C11H17N5O/c1-8-7-9(10(12)13)15-11(14-8)16-3-2-5-17-6-4-16/h7H,2-6H2,1H3,(H3,12,13). The van der Waals surface area contributed by atoms with Crippen LogP contribution in [0.3, 0.4) is 0 Å². The summed E-state index contributed by atoms with van der Waals surface area (Å²) >= 11 is 0. The van der Waals surface area contributed by atoms with Crippen molar-refractivity contribution < 1.29 is 4.74 Å². The van der Waals surface area contributed by atoms with E-state index in [9.17, 15) is 0 Å².